The Labute approximate surface area is 224 Å². The minimum Gasteiger partial charge on any atom is -0.343 e. The first-order chi connectivity index (χ1) is 18.7. The standard InChI is InChI=1S/C31H27FN4O3/c1-4-26(37)28-25-18-24(16-17-36(25)34-29(28)20-10-13-23(32)14-11-20)35-19-21(12-15-27(35)38)30(39)33-31(2,3)22-8-6-5-7-9-22/h5-19H,4H2,1-3H3,(H,33,39). The summed E-state index contributed by atoms with van der Waals surface area (Å²) in [5.74, 6) is -0.850. The zero-order valence-electron chi connectivity index (χ0n) is 21.8. The average molecular weight is 523 g/mol. The number of aromatic nitrogens is 3. The minimum atomic E-state index is -0.637. The van der Waals surface area contributed by atoms with Crippen molar-refractivity contribution in [1.29, 1.82) is 0 Å². The summed E-state index contributed by atoms with van der Waals surface area (Å²) in [6.07, 6.45) is 3.39. The number of amides is 1. The van der Waals surface area contributed by atoms with Crippen LogP contribution in [0.15, 0.2) is 96.1 Å². The lowest BCUT2D eigenvalue weighted by atomic mass is 9.94. The van der Waals surface area contributed by atoms with Gasteiger partial charge in [0.15, 0.2) is 5.78 Å². The monoisotopic (exact) mass is 522 g/mol. The molecule has 3 aromatic heterocycles. The molecule has 8 heteroatoms. The molecule has 0 radical (unpaired) electrons. The fourth-order valence-corrected chi connectivity index (χ4v) is 4.55. The molecule has 0 aliphatic heterocycles. The number of nitrogens with zero attached hydrogens (tertiary/aromatic N) is 3. The third-order valence-electron chi connectivity index (χ3n) is 6.71. The predicted octanol–water partition coefficient (Wildman–Crippen LogP) is 5.55. The molecule has 1 N–H and O–H groups in total. The summed E-state index contributed by atoms with van der Waals surface area (Å²) in [5.41, 5.74) is 2.69. The van der Waals surface area contributed by atoms with Gasteiger partial charge in [-0.05, 0) is 61.9 Å². The maximum absolute atomic E-state index is 13.5. The van der Waals surface area contributed by atoms with Gasteiger partial charge in [-0.2, -0.15) is 5.10 Å². The van der Waals surface area contributed by atoms with Gasteiger partial charge in [-0.3, -0.25) is 19.0 Å². The van der Waals surface area contributed by atoms with E-state index in [2.05, 4.69) is 10.4 Å². The van der Waals surface area contributed by atoms with Gasteiger partial charge in [0.1, 0.15) is 11.5 Å². The van der Waals surface area contributed by atoms with Crippen LogP contribution in [0.5, 0.6) is 0 Å². The van der Waals surface area contributed by atoms with Gasteiger partial charge >= 0.3 is 0 Å². The third-order valence-corrected chi connectivity index (χ3v) is 6.71. The van der Waals surface area contributed by atoms with Crippen LogP contribution in [0.4, 0.5) is 4.39 Å². The quantitative estimate of drug-likeness (QED) is 0.284. The average Bonchev–Trinajstić information content (AvgIpc) is 3.32. The van der Waals surface area contributed by atoms with Gasteiger partial charge in [0.2, 0.25) is 0 Å². The van der Waals surface area contributed by atoms with Crippen LogP contribution in [-0.4, -0.2) is 25.9 Å². The number of carbonyl (C=O) groups excluding carboxylic acids is 2. The highest BCUT2D eigenvalue weighted by Crippen LogP contribution is 2.29. The number of hydrogen-bond acceptors (Lipinski definition) is 4. The molecule has 5 rings (SSSR count). The summed E-state index contributed by atoms with van der Waals surface area (Å²) >= 11 is 0. The van der Waals surface area contributed by atoms with Gasteiger partial charge < -0.3 is 5.32 Å². The number of carbonyl (C=O) groups is 2. The normalized spacial score (nSPS) is 11.5. The molecule has 0 unspecified atom stereocenters. The number of halogens is 1. The zero-order chi connectivity index (χ0) is 27.7. The highest BCUT2D eigenvalue weighted by molar-refractivity contribution is 6.07. The SMILES string of the molecule is CCC(=O)c1c(-c2ccc(F)cc2)nn2ccc(-n3cc(C(=O)NC(C)(C)c4ccccc4)ccc3=O)cc12. The van der Waals surface area contributed by atoms with Crippen molar-refractivity contribution in [2.45, 2.75) is 32.7 Å². The first-order valence-electron chi connectivity index (χ1n) is 12.6. The fourth-order valence-electron chi connectivity index (χ4n) is 4.55. The summed E-state index contributed by atoms with van der Waals surface area (Å²) < 4.78 is 16.5. The van der Waals surface area contributed by atoms with Gasteiger partial charge in [-0.15, -0.1) is 0 Å². The van der Waals surface area contributed by atoms with E-state index in [9.17, 15) is 18.8 Å². The number of hydrogen-bond donors (Lipinski definition) is 1. The Morgan fingerprint density at radius 2 is 1.69 bits per heavy atom. The molecule has 0 saturated heterocycles. The topological polar surface area (TPSA) is 85.5 Å². The molecule has 39 heavy (non-hydrogen) atoms. The summed E-state index contributed by atoms with van der Waals surface area (Å²) in [6, 6.07) is 21.6. The number of Topliss-reactive ketones (excluding diaryl/α,β-unsaturated/α-hetero) is 1. The van der Waals surface area contributed by atoms with Gasteiger partial charge in [0.25, 0.3) is 11.5 Å². The van der Waals surface area contributed by atoms with Crippen LogP contribution in [0.1, 0.15) is 53.5 Å². The largest absolute Gasteiger partial charge is 0.343 e. The van der Waals surface area contributed by atoms with Crippen LogP contribution < -0.4 is 10.9 Å². The molecule has 0 aliphatic carbocycles. The van der Waals surface area contributed by atoms with Crippen LogP contribution in [-0.2, 0) is 5.54 Å². The zero-order valence-corrected chi connectivity index (χ0v) is 21.8. The van der Waals surface area contributed by atoms with E-state index in [1.54, 1.807) is 41.9 Å². The number of nitrogens with one attached hydrogen (secondary N) is 1. The Morgan fingerprint density at radius 3 is 2.38 bits per heavy atom. The molecule has 3 heterocycles. The maximum Gasteiger partial charge on any atom is 0.255 e. The second-order valence-electron chi connectivity index (χ2n) is 9.79. The molecule has 5 aromatic rings. The van der Waals surface area contributed by atoms with E-state index in [4.69, 9.17) is 0 Å². The van der Waals surface area contributed by atoms with Crippen molar-refractivity contribution < 1.29 is 14.0 Å². The van der Waals surface area contributed by atoms with Crippen molar-refractivity contribution in [3.05, 3.63) is 124 Å². The molecular weight excluding hydrogens is 495 g/mol. The smallest absolute Gasteiger partial charge is 0.255 e. The molecule has 0 aliphatic rings. The predicted molar refractivity (Wildman–Crippen MR) is 148 cm³/mol. The molecule has 1 amide bonds. The van der Waals surface area contributed by atoms with Gasteiger partial charge in [-0.25, -0.2) is 8.91 Å². The molecule has 0 fully saturated rings. The van der Waals surface area contributed by atoms with E-state index in [1.807, 2.05) is 44.2 Å². The lowest BCUT2D eigenvalue weighted by Gasteiger charge is -2.27. The van der Waals surface area contributed by atoms with Crippen molar-refractivity contribution in [2.75, 3.05) is 0 Å². The number of fused-ring (bicyclic) bond motifs is 1. The van der Waals surface area contributed by atoms with E-state index in [-0.39, 0.29) is 29.5 Å². The van der Waals surface area contributed by atoms with E-state index in [1.165, 1.54) is 35.0 Å². The summed E-state index contributed by atoms with van der Waals surface area (Å²) in [7, 11) is 0. The first kappa shape index (κ1) is 25.8. The minimum absolute atomic E-state index is 0.134. The van der Waals surface area contributed by atoms with Crippen LogP contribution >= 0.6 is 0 Å². The molecule has 0 bridgehead atoms. The Hall–Kier alpha value is -4.85. The second kappa shape index (κ2) is 10.1. The van der Waals surface area contributed by atoms with Crippen LogP contribution in [0.2, 0.25) is 0 Å². The van der Waals surface area contributed by atoms with E-state index in [0.29, 0.717) is 33.6 Å². The van der Waals surface area contributed by atoms with Crippen molar-refractivity contribution in [3.8, 4) is 16.9 Å². The van der Waals surface area contributed by atoms with Crippen LogP contribution in [0, 0.1) is 5.82 Å². The van der Waals surface area contributed by atoms with E-state index < -0.39 is 5.54 Å². The van der Waals surface area contributed by atoms with Gasteiger partial charge in [0.05, 0.1) is 27.9 Å². The van der Waals surface area contributed by atoms with Crippen molar-refractivity contribution >= 4 is 17.2 Å². The number of pyridine rings is 2. The lowest BCUT2D eigenvalue weighted by molar-refractivity contribution is 0.0910. The van der Waals surface area contributed by atoms with Crippen molar-refractivity contribution in [3.63, 3.8) is 0 Å². The molecule has 0 spiro atoms. The molecule has 7 nitrogen and oxygen atoms in total. The highest BCUT2D eigenvalue weighted by Gasteiger charge is 2.24. The third kappa shape index (κ3) is 5.01. The number of ketones is 1. The number of rotatable bonds is 7. The number of benzene rings is 2. The molecule has 196 valence electrons. The lowest BCUT2D eigenvalue weighted by Crippen LogP contribution is -2.41. The molecule has 0 atom stereocenters. The Bertz CT molecular complexity index is 1750. The maximum atomic E-state index is 13.5. The molecule has 0 saturated carbocycles. The van der Waals surface area contributed by atoms with Crippen LogP contribution in [0.3, 0.4) is 0 Å². The Morgan fingerprint density at radius 1 is 0.974 bits per heavy atom. The summed E-state index contributed by atoms with van der Waals surface area (Å²) in [4.78, 5) is 39.1. The van der Waals surface area contributed by atoms with E-state index >= 15 is 0 Å². The van der Waals surface area contributed by atoms with E-state index in [0.717, 1.165) is 5.56 Å². The van der Waals surface area contributed by atoms with Gasteiger partial charge in [0, 0.05) is 30.4 Å². The van der Waals surface area contributed by atoms with Gasteiger partial charge in [-0.1, -0.05) is 37.3 Å². The van der Waals surface area contributed by atoms with Crippen molar-refractivity contribution in [1.82, 2.24) is 19.5 Å². The molecule has 2 aromatic carbocycles. The van der Waals surface area contributed by atoms with Crippen molar-refractivity contribution in [2.24, 2.45) is 0 Å². The molecular formula is C31H27FN4O3. The fraction of sp³-hybridized carbons (Fsp3) is 0.161. The summed E-state index contributed by atoms with van der Waals surface area (Å²) in [5, 5.41) is 7.61. The second-order valence-corrected chi connectivity index (χ2v) is 9.79. The Kier molecular flexibility index (Phi) is 6.70. The first-order valence-corrected chi connectivity index (χ1v) is 12.6. The highest BCUT2D eigenvalue weighted by atomic mass is 19.1. The Balaban J connectivity index is 1.56. The van der Waals surface area contributed by atoms with Crippen LogP contribution in [0.25, 0.3) is 22.5 Å². The summed E-state index contributed by atoms with van der Waals surface area (Å²) in [6.45, 7) is 5.58.